The predicted molar refractivity (Wildman–Crippen MR) is 216 cm³/mol. The number of hydrogen-bond acceptors (Lipinski definition) is 6. The maximum absolute atomic E-state index is 6.79. The van der Waals surface area contributed by atoms with Crippen LogP contribution in [0.15, 0.2) is 168 Å². The highest BCUT2D eigenvalue weighted by molar-refractivity contribution is 7.26. The molecule has 0 unspecified atom stereocenters. The van der Waals surface area contributed by atoms with Gasteiger partial charge in [0.25, 0.3) is 0 Å². The van der Waals surface area contributed by atoms with Crippen molar-refractivity contribution in [1.82, 2.24) is 24.5 Å². The van der Waals surface area contributed by atoms with E-state index in [4.69, 9.17) is 24.4 Å². The zero-order valence-corrected chi connectivity index (χ0v) is 29.0. The number of para-hydroxylation sites is 4. The van der Waals surface area contributed by atoms with Gasteiger partial charge in [-0.1, -0.05) is 115 Å². The second kappa shape index (κ2) is 11.8. The summed E-state index contributed by atoms with van der Waals surface area (Å²) in [5.41, 5.74) is 8.18. The highest BCUT2D eigenvalue weighted by atomic mass is 32.1. The molecule has 0 atom stereocenters. The number of thiophene rings is 1. The number of benzene rings is 7. The quantitative estimate of drug-likeness (QED) is 0.179. The Kier molecular flexibility index (Phi) is 6.62. The Bertz CT molecular complexity index is 3180. The fourth-order valence-electron chi connectivity index (χ4n) is 7.51. The standard InChI is InChI=1S/C46H27N5OS/c1-3-14-28(15-4-1)43-48-44(50-45(49-43)35-23-11-19-31-30-18-7-10-27-39(30)53-42(31)35)33-21-13-26-38-40(33)32-20-12-22-34(41(32)52-38)46-47-36-24-8-9-25-37(36)51(46)29-16-5-2-6-17-29/h1-27H. The van der Waals surface area contributed by atoms with Crippen molar-refractivity contribution in [2.24, 2.45) is 0 Å². The molecule has 7 aromatic carbocycles. The van der Waals surface area contributed by atoms with E-state index in [0.717, 1.165) is 71.4 Å². The molecular formula is C46H27N5OS. The first-order chi connectivity index (χ1) is 26.3. The molecule has 0 saturated heterocycles. The van der Waals surface area contributed by atoms with Gasteiger partial charge in [0.2, 0.25) is 0 Å². The van der Waals surface area contributed by atoms with Gasteiger partial charge in [-0.25, -0.2) is 19.9 Å². The smallest absolute Gasteiger partial charge is 0.165 e. The van der Waals surface area contributed by atoms with Crippen molar-refractivity contribution in [3.63, 3.8) is 0 Å². The highest BCUT2D eigenvalue weighted by Crippen LogP contribution is 2.43. The molecule has 0 bridgehead atoms. The molecule has 11 aromatic rings. The zero-order chi connectivity index (χ0) is 34.9. The third kappa shape index (κ3) is 4.71. The van der Waals surface area contributed by atoms with Crippen molar-refractivity contribution in [2.75, 3.05) is 0 Å². The SMILES string of the molecule is c1ccc(-c2nc(-c3cccc4c3sc3ccccc34)nc(-c3cccc4oc5c(-c6nc7ccccc7n6-c6ccccc6)cccc5c34)n2)cc1. The molecule has 4 heterocycles. The molecule has 7 heteroatoms. The largest absolute Gasteiger partial charge is 0.455 e. The third-order valence-corrected chi connectivity index (χ3v) is 11.1. The third-order valence-electron chi connectivity index (χ3n) is 9.89. The zero-order valence-electron chi connectivity index (χ0n) is 28.1. The van der Waals surface area contributed by atoms with E-state index in [1.54, 1.807) is 11.3 Å². The molecule has 0 N–H and O–H groups in total. The van der Waals surface area contributed by atoms with Gasteiger partial charge in [-0.3, -0.25) is 4.57 Å². The minimum absolute atomic E-state index is 0.585. The minimum Gasteiger partial charge on any atom is -0.455 e. The van der Waals surface area contributed by atoms with Crippen LogP contribution in [0.4, 0.5) is 0 Å². The van der Waals surface area contributed by atoms with Crippen molar-refractivity contribution >= 4 is 64.5 Å². The normalized spacial score (nSPS) is 11.8. The average Bonchev–Trinajstić information content (AvgIpc) is 3.93. The summed E-state index contributed by atoms with van der Waals surface area (Å²) in [6, 6.07) is 56.0. The maximum Gasteiger partial charge on any atom is 0.165 e. The van der Waals surface area contributed by atoms with Crippen molar-refractivity contribution < 1.29 is 4.42 Å². The Morgan fingerprint density at radius 2 is 1.11 bits per heavy atom. The number of nitrogens with zero attached hydrogens (tertiary/aromatic N) is 5. The lowest BCUT2D eigenvalue weighted by Crippen LogP contribution is -2.00. The summed E-state index contributed by atoms with van der Waals surface area (Å²) in [7, 11) is 0. The van der Waals surface area contributed by atoms with Gasteiger partial charge in [-0.05, 0) is 48.5 Å². The Morgan fingerprint density at radius 3 is 1.98 bits per heavy atom. The number of rotatable bonds is 5. The van der Waals surface area contributed by atoms with Crippen LogP contribution in [-0.2, 0) is 0 Å². The van der Waals surface area contributed by atoms with Crippen LogP contribution >= 0.6 is 11.3 Å². The molecule has 0 aliphatic carbocycles. The molecule has 248 valence electrons. The van der Waals surface area contributed by atoms with Gasteiger partial charge in [-0.15, -0.1) is 11.3 Å². The first-order valence-corrected chi connectivity index (χ1v) is 18.3. The molecule has 6 nitrogen and oxygen atoms in total. The molecule has 0 aliphatic rings. The van der Waals surface area contributed by atoms with Crippen LogP contribution in [0.5, 0.6) is 0 Å². The Labute approximate surface area is 307 Å². The van der Waals surface area contributed by atoms with E-state index in [0.29, 0.717) is 17.5 Å². The van der Waals surface area contributed by atoms with Crippen molar-refractivity contribution in [2.45, 2.75) is 0 Å². The van der Waals surface area contributed by atoms with Crippen LogP contribution in [0, 0.1) is 0 Å². The number of furan rings is 1. The number of imidazole rings is 1. The van der Waals surface area contributed by atoms with Gasteiger partial charge in [0.1, 0.15) is 17.0 Å². The van der Waals surface area contributed by atoms with Crippen molar-refractivity contribution in [3.05, 3.63) is 164 Å². The Hall–Kier alpha value is -6.96. The van der Waals surface area contributed by atoms with E-state index >= 15 is 0 Å². The van der Waals surface area contributed by atoms with E-state index in [1.807, 2.05) is 54.6 Å². The second-order valence-electron chi connectivity index (χ2n) is 13.0. The molecule has 0 fully saturated rings. The second-order valence-corrected chi connectivity index (χ2v) is 14.1. The summed E-state index contributed by atoms with van der Waals surface area (Å²) in [5.74, 6) is 2.65. The van der Waals surface area contributed by atoms with Crippen LogP contribution in [0.3, 0.4) is 0 Å². The first kappa shape index (κ1) is 29.7. The predicted octanol–water partition coefficient (Wildman–Crippen LogP) is 12.1. The fourth-order valence-corrected chi connectivity index (χ4v) is 8.72. The topological polar surface area (TPSA) is 69.6 Å². The lowest BCUT2D eigenvalue weighted by atomic mass is 10.0. The van der Waals surface area contributed by atoms with E-state index in [-0.39, 0.29) is 0 Å². The molecule has 4 aromatic heterocycles. The van der Waals surface area contributed by atoms with Crippen LogP contribution in [0.1, 0.15) is 0 Å². The molecule has 0 aliphatic heterocycles. The summed E-state index contributed by atoms with van der Waals surface area (Å²) in [4.78, 5) is 20.7. The molecule has 0 spiro atoms. The maximum atomic E-state index is 6.79. The molecular weight excluding hydrogens is 671 g/mol. The number of hydrogen-bond donors (Lipinski definition) is 0. The first-order valence-electron chi connectivity index (χ1n) is 17.5. The summed E-state index contributed by atoms with van der Waals surface area (Å²) in [6.45, 7) is 0. The van der Waals surface area contributed by atoms with Gasteiger partial charge in [0.05, 0.1) is 16.6 Å². The molecule has 0 saturated carbocycles. The van der Waals surface area contributed by atoms with Gasteiger partial charge in [0, 0.05) is 53.3 Å². The van der Waals surface area contributed by atoms with Crippen molar-refractivity contribution in [1.29, 1.82) is 0 Å². The van der Waals surface area contributed by atoms with E-state index < -0.39 is 0 Å². The van der Waals surface area contributed by atoms with Gasteiger partial charge >= 0.3 is 0 Å². The molecule has 0 amide bonds. The summed E-state index contributed by atoms with van der Waals surface area (Å²) in [6.07, 6.45) is 0. The van der Waals surface area contributed by atoms with Crippen LogP contribution in [0.25, 0.3) is 104 Å². The number of aromatic nitrogens is 5. The molecule has 11 rings (SSSR count). The highest BCUT2D eigenvalue weighted by Gasteiger charge is 2.23. The minimum atomic E-state index is 0.585. The lowest BCUT2D eigenvalue weighted by molar-refractivity contribution is 0.669. The summed E-state index contributed by atoms with van der Waals surface area (Å²) in [5, 5.41) is 4.35. The Balaban J connectivity index is 1.16. The summed E-state index contributed by atoms with van der Waals surface area (Å²) < 4.78 is 11.4. The van der Waals surface area contributed by atoms with Crippen LogP contribution in [-0.4, -0.2) is 24.5 Å². The molecule has 0 radical (unpaired) electrons. The monoisotopic (exact) mass is 697 g/mol. The van der Waals surface area contributed by atoms with Gasteiger partial charge in [-0.2, -0.15) is 0 Å². The van der Waals surface area contributed by atoms with Crippen LogP contribution in [0.2, 0.25) is 0 Å². The van der Waals surface area contributed by atoms with Crippen LogP contribution < -0.4 is 0 Å². The fraction of sp³-hybridized carbons (Fsp3) is 0. The van der Waals surface area contributed by atoms with Gasteiger partial charge < -0.3 is 4.42 Å². The van der Waals surface area contributed by atoms with E-state index in [2.05, 4.69) is 114 Å². The lowest BCUT2D eigenvalue weighted by Gasteiger charge is -2.10. The number of fused-ring (bicyclic) bond motifs is 7. The molecule has 53 heavy (non-hydrogen) atoms. The Morgan fingerprint density at radius 1 is 0.472 bits per heavy atom. The summed E-state index contributed by atoms with van der Waals surface area (Å²) >= 11 is 1.77. The van der Waals surface area contributed by atoms with E-state index in [1.165, 1.54) is 15.5 Å². The van der Waals surface area contributed by atoms with Crippen molar-refractivity contribution in [3.8, 4) is 51.2 Å². The van der Waals surface area contributed by atoms with Gasteiger partial charge in [0.15, 0.2) is 17.5 Å². The van der Waals surface area contributed by atoms with E-state index in [9.17, 15) is 0 Å². The average molecular weight is 698 g/mol.